The Morgan fingerprint density at radius 2 is 1.88 bits per heavy atom. The van der Waals surface area contributed by atoms with Gasteiger partial charge in [-0.3, -0.25) is 4.98 Å². The fourth-order valence-electron chi connectivity index (χ4n) is 3.68. The first-order valence-corrected chi connectivity index (χ1v) is 9.35. The highest BCUT2D eigenvalue weighted by Gasteiger charge is 2.13. The third kappa shape index (κ3) is 3.50. The van der Waals surface area contributed by atoms with Crippen LogP contribution in [-0.2, 0) is 6.42 Å². The van der Waals surface area contributed by atoms with Crippen molar-refractivity contribution in [2.45, 2.75) is 40.2 Å². The highest BCUT2D eigenvalue weighted by Crippen LogP contribution is 2.29. The SMILES string of the molecule is CCc1cnccc1N(C)C(C)/C=C(/C)c1cccc2cccc(C)c12. The molecule has 134 valence electrons. The quantitative estimate of drug-likeness (QED) is 0.561. The van der Waals surface area contributed by atoms with Crippen LogP contribution >= 0.6 is 0 Å². The lowest BCUT2D eigenvalue weighted by molar-refractivity contribution is 0.815. The first-order valence-electron chi connectivity index (χ1n) is 9.35. The van der Waals surface area contributed by atoms with Crippen LogP contribution in [0.25, 0.3) is 16.3 Å². The molecule has 1 heterocycles. The van der Waals surface area contributed by atoms with Crippen LogP contribution in [0.5, 0.6) is 0 Å². The Labute approximate surface area is 157 Å². The summed E-state index contributed by atoms with van der Waals surface area (Å²) in [5.41, 5.74) is 6.51. The molecule has 0 aliphatic heterocycles. The van der Waals surface area contributed by atoms with Crippen molar-refractivity contribution >= 4 is 22.0 Å². The molecule has 0 amide bonds. The van der Waals surface area contributed by atoms with E-state index < -0.39 is 0 Å². The molecule has 1 unspecified atom stereocenters. The van der Waals surface area contributed by atoms with Crippen molar-refractivity contribution in [3.63, 3.8) is 0 Å². The summed E-state index contributed by atoms with van der Waals surface area (Å²) in [5.74, 6) is 0. The standard InChI is InChI=1S/C24H28N2/c1-6-20-16-25-14-13-23(20)26(5)19(4)15-18(3)22-12-8-11-21-10-7-9-17(2)24(21)22/h7-16,19H,6H2,1-5H3/b18-15-. The highest BCUT2D eigenvalue weighted by atomic mass is 15.1. The van der Waals surface area contributed by atoms with Crippen molar-refractivity contribution in [2.75, 3.05) is 11.9 Å². The van der Waals surface area contributed by atoms with Gasteiger partial charge in [0.05, 0.1) is 0 Å². The van der Waals surface area contributed by atoms with Crippen LogP contribution in [0.15, 0.2) is 60.9 Å². The molecule has 3 rings (SSSR count). The molecule has 0 spiro atoms. The lowest BCUT2D eigenvalue weighted by atomic mass is 9.94. The minimum Gasteiger partial charge on any atom is -0.368 e. The topological polar surface area (TPSA) is 16.1 Å². The summed E-state index contributed by atoms with van der Waals surface area (Å²) in [6.45, 7) is 8.85. The monoisotopic (exact) mass is 344 g/mol. The lowest BCUT2D eigenvalue weighted by Crippen LogP contribution is -2.28. The molecule has 0 bridgehead atoms. The Bertz CT molecular complexity index is 935. The van der Waals surface area contributed by atoms with Gasteiger partial charge < -0.3 is 4.90 Å². The molecule has 2 aromatic carbocycles. The second kappa shape index (κ2) is 7.74. The second-order valence-electron chi connectivity index (χ2n) is 7.04. The number of benzene rings is 2. The molecule has 1 aromatic heterocycles. The zero-order chi connectivity index (χ0) is 18.7. The molecule has 2 nitrogen and oxygen atoms in total. The van der Waals surface area contributed by atoms with Crippen LogP contribution in [0.4, 0.5) is 5.69 Å². The van der Waals surface area contributed by atoms with Crippen molar-refractivity contribution < 1.29 is 0 Å². The summed E-state index contributed by atoms with van der Waals surface area (Å²) in [4.78, 5) is 6.60. The van der Waals surface area contributed by atoms with Gasteiger partial charge in [-0.1, -0.05) is 49.4 Å². The third-order valence-corrected chi connectivity index (χ3v) is 5.28. The summed E-state index contributed by atoms with van der Waals surface area (Å²) in [6.07, 6.45) is 7.21. The van der Waals surface area contributed by atoms with E-state index in [-0.39, 0.29) is 0 Å². The van der Waals surface area contributed by atoms with E-state index in [0.29, 0.717) is 6.04 Å². The van der Waals surface area contributed by atoms with Gasteiger partial charge in [-0.2, -0.15) is 0 Å². The van der Waals surface area contributed by atoms with Crippen LogP contribution < -0.4 is 4.90 Å². The van der Waals surface area contributed by atoms with Crippen LogP contribution in [0.2, 0.25) is 0 Å². The van der Waals surface area contributed by atoms with Crippen LogP contribution in [0, 0.1) is 6.92 Å². The van der Waals surface area contributed by atoms with Crippen LogP contribution in [-0.4, -0.2) is 18.1 Å². The number of nitrogens with zero attached hydrogens (tertiary/aromatic N) is 2. The van der Waals surface area contributed by atoms with Gasteiger partial charge in [-0.25, -0.2) is 0 Å². The molecule has 0 saturated carbocycles. The van der Waals surface area contributed by atoms with Gasteiger partial charge >= 0.3 is 0 Å². The summed E-state index contributed by atoms with van der Waals surface area (Å²) in [5, 5.41) is 2.66. The molecule has 0 radical (unpaired) electrons. The van der Waals surface area contributed by atoms with Gasteiger partial charge in [-0.15, -0.1) is 0 Å². The van der Waals surface area contributed by atoms with E-state index in [1.54, 1.807) is 0 Å². The molecular weight excluding hydrogens is 316 g/mol. The predicted octanol–water partition coefficient (Wildman–Crippen LogP) is 6.03. The number of hydrogen-bond acceptors (Lipinski definition) is 2. The van der Waals surface area contributed by atoms with E-state index >= 15 is 0 Å². The zero-order valence-electron chi connectivity index (χ0n) is 16.5. The normalized spacial score (nSPS) is 13.0. The zero-order valence-corrected chi connectivity index (χ0v) is 16.5. The fraction of sp³-hybridized carbons (Fsp3) is 0.292. The number of fused-ring (bicyclic) bond motifs is 1. The van der Waals surface area contributed by atoms with Gasteiger partial charge in [0.2, 0.25) is 0 Å². The van der Waals surface area contributed by atoms with Crippen molar-refractivity contribution in [3.8, 4) is 0 Å². The maximum absolute atomic E-state index is 4.27. The summed E-state index contributed by atoms with van der Waals surface area (Å²) in [7, 11) is 2.16. The second-order valence-corrected chi connectivity index (χ2v) is 7.04. The van der Waals surface area contributed by atoms with E-state index in [1.807, 2.05) is 12.4 Å². The number of hydrogen-bond donors (Lipinski definition) is 0. The van der Waals surface area contributed by atoms with E-state index in [0.717, 1.165) is 6.42 Å². The van der Waals surface area contributed by atoms with Crippen LogP contribution in [0.1, 0.15) is 37.5 Å². The molecule has 0 N–H and O–H groups in total. The Morgan fingerprint density at radius 1 is 1.15 bits per heavy atom. The number of aromatic nitrogens is 1. The van der Waals surface area contributed by atoms with E-state index in [1.165, 1.54) is 38.7 Å². The van der Waals surface area contributed by atoms with E-state index in [2.05, 4.69) is 93.2 Å². The Hall–Kier alpha value is -2.61. The van der Waals surface area contributed by atoms with E-state index in [9.17, 15) is 0 Å². The molecule has 0 fully saturated rings. The minimum absolute atomic E-state index is 0.293. The lowest BCUT2D eigenvalue weighted by Gasteiger charge is -2.27. The number of rotatable bonds is 5. The van der Waals surface area contributed by atoms with Crippen molar-refractivity contribution in [1.29, 1.82) is 0 Å². The maximum atomic E-state index is 4.27. The predicted molar refractivity (Wildman–Crippen MR) is 114 cm³/mol. The first-order chi connectivity index (χ1) is 12.5. The highest BCUT2D eigenvalue weighted by molar-refractivity contribution is 5.95. The number of anilines is 1. The van der Waals surface area contributed by atoms with Gasteiger partial charge in [0.15, 0.2) is 0 Å². The number of aryl methyl sites for hydroxylation is 2. The van der Waals surface area contributed by atoms with Gasteiger partial charge in [0, 0.05) is 31.2 Å². The van der Waals surface area contributed by atoms with Crippen LogP contribution in [0.3, 0.4) is 0 Å². The Kier molecular flexibility index (Phi) is 5.41. The minimum atomic E-state index is 0.293. The molecule has 1 atom stereocenters. The third-order valence-electron chi connectivity index (χ3n) is 5.28. The van der Waals surface area contributed by atoms with E-state index in [4.69, 9.17) is 0 Å². The average Bonchev–Trinajstić information content (AvgIpc) is 2.67. The summed E-state index contributed by atoms with van der Waals surface area (Å²) < 4.78 is 0. The smallest absolute Gasteiger partial charge is 0.0447 e. The largest absolute Gasteiger partial charge is 0.368 e. The van der Waals surface area contributed by atoms with Gasteiger partial charge in [-0.05, 0) is 66.3 Å². The molecule has 3 aromatic rings. The molecular formula is C24H28N2. The maximum Gasteiger partial charge on any atom is 0.0447 e. The molecule has 0 aliphatic carbocycles. The number of likely N-dealkylation sites (N-methyl/N-ethyl adjacent to an activating group) is 1. The molecule has 0 saturated heterocycles. The average molecular weight is 345 g/mol. The van der Waals surface area contributed by atoms with Gasteiger partial charge in [0.1, 0.15) is 0 Å². The number of pyridine rings is 1. The summed E-state index contributed by atoms with van der Waals surface area (Å²) >= 11 is 0. The molecule has 26 heavy (non-hydrogen) atoms. The van der Waals surface area contributed by atoms with Crippen molar-refractivity contribution in [1.82, 2.24) is 4.98 Å². The molecule has 2 heteroatoms. The van der Waals surface area contributed by atoms with Crippen molar-refractivity contribution in [2.24, 2.45) is 0 Å². The Balaban J connectivity index is 1.97. The summed E-state index contributed by atoms with van der Waals surface area (Å²) in [6, 6.07) is 15.5. The van der Waals surface area contributed by atoms with Crippen molar-refractivity contribution in [3.05, 3.63) is 77.6 Å². The molecule has 0 aliphatic rings. The number of allylic oxidation sites excluding steroid dienone is 1. The fourth-order valence-corrected chi connectivity index (χ4v) is 3.68. The Morgan fingerprint density at radius 3 is 2.62 bits per heavy atom. The first kappa shape index (κ1) is 18.2. The van der Waals surface area contributed by atoms with Gasteiger partial charge in [0.25, 0.3) is 0 Å².